The second-order valence-electron chi connectivity index (χ2n) is 0.799. The fourth-order valence-electron chi connectivity index (χ4n) is 0. The SMILES string of the molecule is N#CC(=O)[O-].N#CC(=O)[O-].[Na+].[Na+]. The molecule has 0 aliphatic carbocycles. The molecule has 0 aromatic heterocycles. The number of carboxylic acids is 2. The molecule has 0 fully saturated rings. The van der Waals surface area contributed by atoms with Crippen LogP contribution < -0.4 is 69.3 Å². The molecule has 0 spiro atoms. The molecule has 0 aliphatic heterocycles. The van der Waals surface area contributed by atoms with E-state index in [2.05, 4.69) is 0 Å². The van der Waals surface area contributed by atoms with Crippen LogP contribution in [0.3, 0.4) is 0 Å². The van der Waals surface area contributed by atoms with Gasteiger partial charge in [0.05, 0.1) is 0 Å². The number of nitriles is 2. The van der Waals surface area contributed by atoms with Gasteiger partial charge in [0, 0.05) is 0 Å². The first-order chi connectivity index (χ1) is 4.54. The molecule has 0 aliphatic rings. The number of carbonyl (C=O) groups excluding carboxylic acids is 2. The van der Waals surface area contributed by atoms with Crippen molar-refractivity contribution >= 4 is 11.9 Å². The van der Waals surface area contributed by atoms with Crippen LogP contribution >= 0.6 is 0 Å². The van der Waals surface area contributed by atoms with Crippen LogP contribution in [-0.4, -0.2) is 11.9 Å². The van der Waals surface area contributed by atoms with Crippen LogP contribution in [0.1, 0.15) is 0 Å². The summed E-state index contributed by atoms with van der Waals surface area (Å²) in [7, 11) is 0. The third-order valence-electron chi connectivity index (χ3n) is 0.183. The van der Waals surface area contributed by atoms with E-state index in [1.807, 2.05) is 0 Å². The van der Waals surface area contributed by atoms with Crippen LogP contribution in [0.4, 0.5) is 0 Å². The Hall–Kier alpha value is -0.0800. The molecular weight excluding hydrogens is 186 g/mol. The maximum absolute atomic E-state index is 8.90. The number of carbonyl (C=O) groups is 2. The Kier molecular flexibility index (Phi) is 32.4. The molecule has 0 unspecified atom stereocenters. The summed E-state index contributed by atoms with van der Waals surface area (Å²) in [5.74, 6) is -3.38. The Labute approximate surface area is 112 Å². The van der Waals surface area contributed by atoms with Crippen molar-refractivity contribution in [2.45, 2.75) is 0 Å². The molecule has 0 amide bonds. The molecule has 0 aromatic rings. The van der Waals surface area contributed by atoms with Crippen LogP contribution in [-0.2, 0) is 9.59 Å². The van der Waals surface area contributed by atoms with Crippen molar-refractivity contribution in [2.24, 2.45) is 0 Å². The summed E-state index contributed by atoms with van der Waals surface area (Å²) >= 11 is 0. The van der Waals surface area contributed by atoms with Gasteiger partial charge in [-0.25, -0.2) is 0 Å². The maximum Gasteiger partial charge on any atom is 1.00 e. The van der Waals surface area contributed by atoms with Crippen molar-refractivity contribution in [2.75, 3.05) is 0 Å². The third kappa shape index (κ3) is 51.4. The van der Waals surface area contributed by atoms with E-state index in [0.717, 1.165) is 12.1 Å². The molecule has 0 saturated heterocycles. The fourth-order valence-corrected chi connectivity index (χ4v) is 0. The van der Waals surface area contributed by atoms with Gasteiger partial charge in [-0.05, 0) is 0 Å². The summed E-state index contributed by atoms with van der Waals surface area (Å²) in [6.45, 7) is 0. The van der Waals surface area contributed by atoms with E-state index in [1.54, 1.807) is 0 Å². The van der Waals surface area contributed by atoms with Crippen LogP contribution in [0.15, 0.2) is 0 Å². The number of aliphatic carboxylic acids is 2. The zero-order chi connectivity index (χ0) is 8.57. The zero-order valence-electron chi connectivity index (χ0n) is 6.53. The number of hydrogen-bond acceptors (Lipinski definition) is 6. The Morgan fingerprint density at radius 2 is 1.00 bits per heavy atom. The summed E-state index contributed by atoms with van der Waals surface area (Å²) in [6, 6.07) is 1.67. The van der Waals surface area contributed by atoms with Gasteiger partial charge in [-0.1, -0.05) is 0 Å². The molecule has 0 atom stereocenters. The van der Waals surface area contributed by atoms with Crippen molar-refractivity contribution in [3.8, 4) is 12.1 Å². The quantitative estimate of drug-likeness (QED) is 0.273. The van der Waals surface area contributed by atoms with E-state index in [0.29, 0.717) is 0 Å². The summed E-state index contributed by atoms with van der Waals surface area (Å²) in [4.78, 5) is 17.8. The molecule has 0 rings (SSSR count). The topological polar surface area (TPSA) is 128 Å². The minimum absolute atomic E-state index is 0. The summed E-state index contributed by atoms with van der Waals surface area (Å²) in [5.41, 5.74) is 0. The summed E-state index contributed by atoms with van der Waals surface area (Å²) in [6.07, 6.45) is 0. The van der Waals surface area contributed by atoms with Gasteiger partial charge in [0.15, 0.2) is 0 Å². The van der Waals surface area contributed by atoms with Gasteiger partial charge in [-0.15, -0.1) is 0 Å². The first kappa shape index (κ1) is 22.7. The molecule has 12 heavy (non-hydrogen) atoms. The molecule has 0 aromatic carbocycles. The second-order valence-corrected chi connectivity index (χ2v) is 0.799. The average molecular weight is 186 g/mol. The van der Waals surface area contributed by atoms with Crippen molar-refractivity contribution in [1.82, 2.24) is 0 Å². The number of carboxylic acid groups (broad SMARTS) is 2. The molecule has 0 radical (unpaired) electrons. The number of rotatable bonds is 0. The van der Waals surface area contributed by atoms with Gasteiger partial charge in [-0.3, -0.25) is 0 Å². The monoisotopic (exact) mass is 186 g/mol. The Balaban J connectivity index is -0.0000000457. The van der Waals surface area contributed by atoms with Crippen LogP contribution in [0.5, 0.6) is 0 Å². The Morgan fingerprint density at radius 3 is 1.00 bits per heavy atom. The van der Waals surface area contributed by atoms with Crippen molar-refractivity contribution < 1.29 is 78.9 Å². The predicted molar refractivity (Wildman–Crippen MR) is 21.2 cm³/mol. The summed E-state index contributed by atoms with van der Waals surface area (Å²) in [5, 5.41) is 32.3. The van der Waals surface area contributed by atoms with E-state index >= 15 is 0 Å². The molecule has 8 heteroatoms. The van der Waals surface area contributed by atoms with Gasteiger partial charge in [-0.2, -0.15) is 10.5 Å². The van der Waals surface area contributed by atoms with Crippen LogP contribution in [0.2, 0.25) is 0 Å². The van der Waals surface area contributed by atoms with Crippen LogP contribution in [0, 0.1) is 22.7 Å². The first-order valence-electron chi connectivity index (χ1n) is 1.76. The predicted octanol–water partition coefficient (Wildman–Crippen LogP) is -9.47. The normalized spacial score (nSPS) is 4.50. The van der Waals surface area contributed by atoms with Crippen molar-refractivity contribution in [3.05, 3.63) is 0 Å². The van der Waals surface area contributed by atoms with E-state index < -0.39 is 11.9 Å². The average Bonchev–Trinajstić information content (AvgIpc) is 1.89. The Bertz CT molecular complexity index is 192. The van der Waals surface area contributed by atoms with Crippen molar-refractivity contribution in [3.63, 3.8) is 0 Å². The molecule has 52 valence electrons. The van der Waals surface area contributed by atoms with E-state index in [4.69, 9.17) is 30.3 Å². The largest absolute Gasteiger partial charge is 1.00 e. The molecule has 0 bridgehead atoms. The fraction of sp³-hybridized carbons (Fsp3) is 0. The molecule has 6 nitrogen and oxygen atoms in total. The van der Waals surface area contributed by atoms with Crippen molar-refractivity contribution in [1.29, 1.82) is 10.5 Å². The van der Waals surface area contributed by atoms with Gasteiger partial charge >= 0.3 is 59.1 Å². The van der Waals surface area contributed by atoms with Gasteiger partial charge in [0.25, 0.3) is 0 Å². The molecule has 0 N–H and O–H groups in total. The number of nitrogens with zero attached hydrogens (tertiary/aromatic N) is 2. The minimum atomic E-state index is -1.69. The van der Waals surface area contributed by atoms with Gasteiger partial charge in [0.2, 0.25) is 0 Å². The maximum atomic E-state index is 8.90. The smallest absolute Gasteiger partial charge is 0.535 e. The third-order valence-corrected chi connectivity index (χ3v) is 0.183. The summed E-state index contributed by atoms with van der Waals surface area (Å²) < 4.78 is 0. The van der Waals surface area contributed by atoms with Crippen LogP contribution in [0.25, 0.3) is 0 Å². The first-order valence-corrected chi connectivity index (χ1v) is 1.76. The number of hydrogen-bond donors (Lipinski definition) is 0. The minimum Gasteiger partial charge on any atom is -0.535 e. The standard InChI is InChI=1S/2C2HNO2.2Na/c2*3-1-2(4)5;;/h2*(H,4,5);;/q;;2*+1/p-2. The molecule has 0 saturated carbocycles. The van der Waals surface area contributed by atoms with Gasteiger partial charge in [0.1, 0.15) is 24.1 Å². The second kappa shape index (κ2) is 17.1. The Morgan fingerprint density at radius 1 is 0.917 bits per heavy atom. The van der Waals surface area contributed by atoms with E-state index in [1.165, 1.54) is 0 Å². The van der Waals surface area contributed by atoms with E-state index in [-0.39, 0.29) is 59.1 Å². The van der Waals surface area contributed by atoms with Gasteiger partial charge < -0.3 is 19.8 Å². The van der Waals surface area contributed by atoms with E-state index in [9.17, 15) is 0 Å². The molecular formula is C4N2Na2O4. The molecule has 0 heterocycles. The zero-order valence-corrected chi connectivity index (χ0v) is 10.5.